The fourth-order valence-corrected chi connectivity index (χ4v) is 0. The molecule has 0 aliphatic rings. The molecule has 0 rings (SSSR count). The van der Waals surface area contributed by atoms with Gasteiger partial charge in [0.25, 0.3) is 0 Å². The predicted molar refractivity (Wildman–Crippen MR) is 18.5 cm³/mol. The van der Waals surface area contributed by atoms with Crippen LogP contribution in [0.3, 0.4) is 0 Å². The number of rotatable bonds is 0. The van der Waals surface area contributed by atoms with Crippen molar-refractivity contribution in [3.8, 4) is 0 Å². The maximum absolute atomic E-state index is 8.56. The van der Waals surface area contributed by atoms with Crippen molar-refractivity contribution in [1.82, 2.24) is 0 Å². The Hall–Kier alpha value is 0.758. The molecule has 0 saturated carbocycles. The van der Waals surface area contributed by atoms with E-state index in [2.05, 4.69) is 0 Å². The van der Waals surface area contributed by atoms with E-state index in [9.17, 15) is 0 Å². The van der Waals surface area contributed by atoms with Gasteiger partial charge in [-0.2, -0.15) is 0 Å². The van der Waals surface area contributed by atoms with Gasteiger partial charge < -0.3 is 10.2 Å². The summed E-state index contributed by atoms with van der Waals surface area (Å²) in [5.41, 5.74) is 0. The van der Waals surface area contributed by atoms with E-state index in [1.54, 1.807) is 0 Å². The molecule has 2 N–H and O–H groups in total. The second kappa shape index (κ2) is 15.9. The van der Waals surface area contributed by atoms with Gasteiger partial charge in [-0.05, 0) is 0 Å². The molecule has 0 heterocycles. The van der Waals surface area contributed by atoms with Crippen LogP contribution in [0.2, 0.25) is 0 Å². The van der Waals surface area contributed by atoms with Crippen molar-refractivity contribution in [3.05, 3.63) is 0 Å². The van der Waals surface area contributed by atoms with Crippen LogP contribution >= 0.6 is 0 Å². The van der Waals surface area contributed by atoms with Crippen LogP contribution in [-0.4, -0.2) is 45.9 Å². The Bertz CT molecular complexity index is 43.0. The van der Waals surface area contributed by atoms with Gasteiger partial charge >= 0.3 is 58.9 Å². The number of hydrogen-bond donors (Lipinski definition) is 2. The molecule has 0 aliphatic carbocycles. The summed E-state index contributed by atoms with van der Waals surface area (Å²) in [6.45, 7) is 0. The van der Waals surface area contributed by atoms with E-state index < -0.39 is 6.16 Å². The molecule has 0 unspecified atom stereocenters. The normalized spacial score (nSPS) is 4.00. The van der Waals surface area contributed by atoms with Crippen molar-refractivity contribution in [2.45, 2.75) is 0 Å². The van der Waals surface area contributed by atoms with Crippen LogP contribution < -0.4 is 0 Å². The SMILES string of the molecule is O=C(O)O.[NaH].[O]=[Mo]. The van der Waals surface area contributed by atoms with Gasteiger partial charge in [0.05, 0.1) is 0 Å². The molecule has 0 fully saturated rings. The number of carboxylic acid groups (broad SMARTS) is 2. The third-order valence-electron chi connectivity index (χ3n) is 0. The summed E-state index contributed by atoms with van der Waals surface area (Å²) in [5.74, 6) is 0. The van der Waals surface area contributed by atoms with Gasteiger partial charge in [-0.3, -0.25) is 0 Å². The summed E-state index contributed by atoms with van der Waals surface area (Å²) in [6, 6.07) is 0. The molecule has 0 aromatic rings. The van der Waals surface area contributed by atoms with Crippen LogP contribution in [0.25, 0.3) is 0 Å². The summed E-state index contributed by atoms with van der Waals surface area (Å²) in [7, 11) is 0. The summed E-state index contributed by atoms with van der Waals surface area (Å²) >= 11 is 0.700. The van der Waals surface area contributed by atoms with Crippen molar-refractivity contribution in [3.63, 3.8) is 0 Å². The van der Waals surface area contributed by atoms with Crippen molar-refractivity contribution in [1.29, 1.82) is 0 Å². The molecule has 0 radical (unpaired) electrons. The van der Waals surface area contributed by atoms with Crippen molar-refractivity contribution < 1.29 is 38.2 Å². The summed E-state index contributed by atoms with van der Waals surface area (Å²) in [5, 5.41) is 13.9. The quantitative estimate of drug-likeness (QED) is 0.512. The van der Waals surface area contributed by atoms with Crippen molar-refractivity contribution >= 4 is 35.7 Å². The van der Waals surface area contributed by atoms with Gasteiger partial charge in [0, 0.05) is 0 Å². The van der Waals surface area contributed by atoms with E-state index >= 15 is 0 Å². The second-order valence-corrected chi connectivity index (χ2v) is 0.283. The molecule has 7 heavy (non-hydrogen) atoms. The van der Waals surface area contributed by atoms with Crippen LogP contribution in [0.1, 0.15) is 0 Å². The van der Waals surface area contributed by atoms with E-state index in [1.165, 1.54) is 0 Å². The van der Waals surface area contributed by atoms with Crippen LogP contribution in [0.4, 0.5) is 4.79 Å². The Labute approximate surface area is 73.4 Å². The molecule has 0 bridgehead atoms. The minimum absolute atomic E-state index is 0. The van der Waals surface area contributed by atoms with E-state index in [0.29, 0.717) is 19.8 Å². The third kappa shape index (κ3) is 266. The standard InChI is InChI=1S/CH2O3.Mo.Na.O.H/c2-1(3)4;;;;/h(H2,2,3,4);;;;. The Morgan fingerprint density at radius 2 is 1.29 bits per heavy atom. The zero-order valence-corrected chi connectivity index (χ0v) is 4.63. The average Bonchev–Trinajstić information content (AvgIpc) is 1.41. The summed E-state index contributed by atoms with van der Waals surface area (Å²) < 4.78 is 8.26. The molecule has 0 saturated heterocycles. The fourth-order valence-electron chi connectivity index (χ4n) is 0. The van der Waals surface area contributed by atoms with Crippen LogP contribution in [-0.2, 0) is 23.2 Å². The zero-order chi connectivity index (χ0) is 5.58. The molecule has 0 amide bonds. The van der Waals surface area contributed by atoms with E-state index in [0.717, 1.165) is 0 Å². The number of carbonyl (C=O) groups is 1. The Kier molecular flexibility index (Phi) is 35.5. The van der Waals surface area contributed by atoms with Gasteiger partial charge in [0.15, 0.2) is 0 Å². The summed E-state index contributed by atoms with van der Waals surface area (Å²) in [6.07, 6.45) is -1.83. The Morgan fingerprint density at radius 3 is 1.29 bits per heavy atom. The molecule has 38 valence electrons. The second-order valence-electron chi connectivity index (χ2n) is 0.283. The van der Waals surface area contributed by atoms with Gasteiger partial charge in [0.1, 0.15) is 0 Å². The van der Waals surface area contributed by atoms with E-state index in [1.807, 2.05) is 0 Å². The monoisotopic (exact) mass is 200 g/mol. The van der Waals surface area contributed by atoms with Crippen LogP contribution in [0.15, 0.2) is 0 Å². The van der Waals surface area contributed by atoms with E-state index in [4.69, 9.17) is 18.4 Å². The zero-order valence-electron chi connectivity index (χ0n) is 2.62. The molecular weight excluding hydrogens is 195 g/mol. The van der Waals surface area contributed by atoms with E-state index in [-0.39, 0.29) is 29.6 Å². The van der Waals surface area contributed by atoms with Crippen molar-refractivity contribution in [2.24, 2.45) is 0 Å². The first kappa shape index (κ1) is 15.7. The minimum atomic E-state index is -1.83. The maximum atomic E-state index is 8.56. The molecule has 0 aliphatic heterocycles. The fraction of sp³-hybridized carbons (Fsp3) is 0. The van der Waals surface area contributed by atoms with Gasteiger partial charge in [0.2, 0.25) is 0 Å². The van der Waals surface area contributed by atoms with Gasteiger partial charge in [-0.15, -0.1) is 0 Å². The van der Waals surface area contributed by atoms with Gasteiger partial charge in [-0.25, -0.2) is 4.79 Å². The number of hydrogen-bond acceptors (Lipinski definition) is 2. The molecule has 4 nitrogen and oxygen atoms in total. The average molecular weight is 198 g/mol. The third-order valence-corrected chi connectivity index (χ3v) is 0. The van der Waals surface area contributed by atoms with Crippen molar-refractivity contribution in [2.75, 3.05) is 0 Å². The molecular formula is CH3MoNaO4. The molecule has 6 heteroatoms. The van der Waals surface area contributed by atoms with Crippen LogP contribution in [0, 0.1) is 0 Å². The first-order valence-corrected chi connectivity index (χ1v) is 1.64. The molecule has 0 atom stereocenters. The summed E-state index contributed by atoms with van der Waals surface area (Å²) in [4.78, 5) is 8.56. The molecule has 0 aromatic carbocycles. The van der Waals surface area contributed by atoms with Crippen LogP contribution in [0.5, 0.6) is 0 Å². The molecule has 0 spiro atoms. The Balaban J connectivity index is -0.0000000480. The van der Waals surface area contributed by atoms with Gasteiger partial charge in [-0.1, -0.05) is 0 Å². The predicted octanol–water partition coefficient (Wildman–Crippen LogP) is -0.547. The topological polar surface area (TPSA) is 74.6 Å². The Morgan fingerprint density at radius 1 is 1.29 bits per heavy atom. The molecule has 0 aromatic heterocycles. The first-order chi connectivity index (χ1) is 2.73. The first-order valence-electron chi connectivity index (χ1n) is 0.818.